The van der Waals surface area contributed by atoms with Crippen LogP contribution in [-0.2, 0) is 6.54 Å². The Morgan fingerprint density at radius 1 is 1.42 bits per heavy atom. The lowest BCUT2D eigenvalue weighted by atomic mass is 10.0. The van der Waals surface area contributed by atoms with Gasteiger partial charge in [0.15, 0.2) is 0 Å². The van der Waals surface area contributed by atoms with E-state index in [4.69, 9.17) is 0 Å². The molecule has 2 saturated carbocycles. The summed E-state index contributed by atoms with van der Waals surface area (Å²) in [5, 5.41) is 14.3. The van der Waals surface area contributed by atoms with Crippen LogP contribution in [0, 0.1) is 21.4 Å². The molecule has 0 unspecified atom stereocenters. The second-order valence-corrected chi connectivity index (χ2v) is 6.64. The van der Waals surface area contributed by atoms with Crippen LogP contribution >= 0.6 is 15.9 Å². The molecule has 0 heterocycles. The van der Waals surface area contributed by atoms with Crippen LogP contribution in [-0.4, -0.2) is 11.5 Å². The van der Waals surface area contributed by atoms with Gasteiger partial charge in [0, 0.05) is 19.2 Å². The van der Waals surface area contributed by atoms with E-state index < -0.39 is 0 Å². The van der Waals surface area contributed by atoms with Gasteiger partial charge in [-0.2, -0.15) is 0 Å². The lowest BCUT2D eigenvalue weighted by Gasteiger charge is -2.15. The van der Waals surface area contributed by atoms with Gasteiger partial charge in [-0.15, -0.1) is 0 Å². The maximum atomic E-state index is 10.9. The fourth-order valence-corrected chi connectivity index (χ4v) is 3.24. The van der Waals surface area contributed by atoms with E-state index in [1.54, 1.807) is 12.1 Å². The lowest BCUT2D eigenvalue weighted by Crippen LogP contribution is -2.25. The zero-order valence-electron chi connectivity index (χ0n) is 10.7. The first-order valence-electron chi connectivity index (χ1n) is 6.74. The van der Waals surface area contributed by atoms with Crippen LogP contribution in [0.25, 0.3) is 0 Å². The monoisotopic (exact) mass is 324 g/mol. The minimum atomic E-state index is -0.347. The quantitative estimate of drug-likeness (QED) is 0.642. The summed E-state index contributed by atoms with van der Waals surface area (Å²) in [6, 6.07) is 5.33. The molecule has 0 spiro atoms. The fourth-order valence-electron chi connectivity index (χ4n) is 2.85. The minimum absolute atomic E-state index is 0.141. The fraction of sp³-hybridized carbons (Fsp3) is 0.571. The summed E-state index contributed by atoms with van der Waals surface area (Å²) in [5.41, 5.74) is 1.69. The Kier molecular flexibility index (Phi) is 3.35. The van der Waals surface area contributed by atoms with Crippen molar-refractivity contribution in [1.82, 2.24) is 5.32 Å². The third-order valence-corrected chi connectivity index (χ3v) is 5.02. The molecule has 0 bridgehead atoms. The smallest absolute Gasteiger partial charge is 0.283 e. The summed E-state index contributed by atoms with van der Waals surface area (Å²) in [7, 11) is 0. The van der Waals surface area contributed by atoms with Gasteiger partial charge in [0.25, 0.3) is 5.69 Å². The van der Waals surface area contributed by atoms with E-state index in [1.165, 1.54) is 25.7 Å². The molecule has 0 saturated heterocycles. The Morgan fingerprint density at radius 3 is 2.74 bits per heavy atom. The average molecular weight is 325 g/mol. The second-order valence-electron chi connectivity index (χ2n) is 5.78. The Balaban J connectivity index is 1.58. The number of benzene rings is 1. The molecule has 4 nitrogen and oxygen atoms in total. The SMILES string of the molecule is O=[N+]([O-])c1cc(CNCC2(C3CC3)CC2)ccc1Br. The molecule has 1 N–H and O–H groups in total. The molecule has 2 fully saturated rings. The number of hydrogen-bond acceptors (Lipinski definition) is 3. The Hall–Kier alpha value is -0.940. The normalized spacial score (nSPS) is 20.3. The van der Waals surface area contributed by atoms with Gasteiger partial charge < -0.3 is 5.32 Å². The highest BCUT2D eigenvalue weighted by Gasteiger charge is 2.53. The average Bonchev–Trinajstić information content (AvgIpc) is 3.24. The molecule has 19 heavy (non-hydrogen) atoms. The first-order valence-corrected chi connectivity index (χ1v) is 7.54. The van der Waals surface area contributed by atoms with Crippen LogP contribution in [0.1, 0.15) is 31.2 Å². The van der Waals surface area contributed by atoms with Crippen molar-refractivity contribution in [3.63, 3.8) is 0 Å². The Labute approximate surface area is 120 Å². The van der Waals surface area contributed by atoms with Crippen molar-refractivity contribution in [3.05, 3.63) is 38.3 Å². The van der Waals surface area contributed by atoms with Gasteiger partial charge in [-0.3, -0.25) is 10.1 Å². The van der Waals surface area contributed by atoms with Crippen LogP contribution in [0.2, 0.25) is 0 Å². The molecule has 3 rings (SSSR count). The molecule has 2 aliphatic carbocycles. The highest BCUT2D eigenvalue weighted by molar-refractivity contribution is 9.10. The van der Waals surface area contributed by atoms with Crippen LogP contribution in [0.15, 0.2) is 22.7 Å². The van der Waals surface area contributed by atoms with Crippen molar-refractivity contribution >= 4 is 21.6 Å². The Bertz CT molecular complexity index is 510. The molecular weight excluding hydrogens is 308 g/mol. The van der Waals surface area contributed by atoms with Crippen molar-refractivity contribution in [2.45, 2.75) is 32.2 Å². The summed E-state index contributed by atoms with van der Waals surface area (Å²) in [6.07, 6.45) is 5.49. The highest BCUT2D eigenvalue weighted by Crippen LogP contribution is 2.60. The third kappa shape index (κ3) is 2.82. The van der Waals surface area contributed by atoms with E-state index in [1.807, 2.05) is 6.07 Å². The summed E-state index contributed by atoms with van der Waals surface area (Å²) < 4.78 is 0.540. The topological polar surface area (TPSA) is 55.2 Å². The first kappa shape index (κ1) is 13.1. The number of rotatable bonds is 6. The van der Waals surface area contributed by atoms with Gasteiger partial charge in [-0.25, -0.2) is 0 Å². The van der Waals surface area contributed by atoms with Crippen molar-refractivity contribution in [3.8, 4) is 0 Å². The molecule has 0 aliphatic heterocycles. The van der Waals surface area contributed by atoms with E-state index in [9.17, 15) is 10.1 Å². The van der Waals surface area contributed by atoms with Crippen molar-refractivity contribution in [2.24, 2.45) is 11.3 Å². The molecule has 0 amide bonds. The number of nitrogens with one attached hydrogen (secondary N) is 1. The minimum Gasteiger partial charge on any atom is -0.312 e. The molecule has 102 valence electrons. The summed E-state index contributed by atoms with van der Waals surface area (Å²) in [6.45, 7) is 1.77. The maximum Gasteiger partial charge on any atom is 0.283 e. The first-order chi connectivity index (χ1) is 9.11. The summed E-state index contributed by atoms with van der Waals surface area (Å²) in [5.74, 6) is 0.944. The largest absolute Gasteiger partial charge is 0.312 e. The van der Waals surface area contributed by atoms with Gasteiger partial charge in [0.1, 0.15) is 0 Å². The second kappa shape index (κ2) is 4.87. The zero-order valence-corrected chi connectivity index (χ0v) is 12.3. The number of nitro groups is 1. The highest BCUT2D eigenvalue weighted by atomic mass is 79.9. The van der Waals surface area contributed by atoms with Gasteiger partial charge in [-0.05, 0) is 64.6 Å². The van der Waals surface area contributed by atoms with Crippen LogP contribution < -0.4 is 5.32 Å². The summed E-state index contributed by atoms with van der Waals surface area (Å²) >= 11 is 3.21. The van der Waals surface area contributed by atoms with E-state index >= 15 is 0 Å². The molecule has 0 radical (unpaired) electrons. The number of nitro benzene ring substituents is 1. The summed E-state index contributed by atoms with van der Waals surface area (Å²) in [4.78, 5) is 10.5. The molecule has 1 aromatic rings. The van der Waals surface area contributed by atoms with E-state index in [0.29, 0.717) is 16.4 Å². The number of halogens is 1. The number of nitrogens with zero attached hydrogens (tertiary/aromatic N) is 1. The number of hydrogen-bond donors (Lipinski definition) is 1. The molecule has 0 atom stereocenters. The maximum absolute atomic E-state index is 10.9. The van der Waals surface area contributed by atoms with E-state index in [-0.39, 0.29) is 10.6 Å². The van der Waals surface area contributed by atoms with Crippen LogP contribution in [0.4, 0.5) is 5.69 Å². The van der Waals surface area contributed by atoms with Crippen molar-refractivity contribution < 1.29 is 4.92 Å². The zero-order chi connectivity index (χ0) is 13.5. The van der Waals surface area contributed by atoms with Crippen LogP contribution in [0.3, 0.4) is 0 Å². The lowest BCUT2D eigenvalue weighted by molar-refractivity contribution is -0.385. The van der Waals surface area contributed by atoms with E-state index in [2.05, 4.69) is 21.2 Å². The molecule has 0 aromatic heterocycles. The third-order valence-electron chi connectivity index (χ3n) is 4.35. The molecular formula is C14H17BrN2O2. The van der Waals surface area contributed by atoms with Gasteiger partial charge in [0.05, 0.1) is 9.40 Å². The predicted octanol–water partition coefficient (Wildman–Crippen LogP) is 3.64. The molecule has 2 aliphatic rings. The van der Waals surface area contributed by atoms with Crippen LogP contribution in [0.5, 0.6) is 0 Å². The van der Waals surface area contributed by atoms with Crippen molar-refractivity contribution in [2.75, 3.05) is 6.54 Å². The Morgan fingerprint density at radius 2 is 2.16 bits per heavy atom. The standard InChI is InChI=1S/C14H17BrN2O2/c15-12-4-1-10(7-13(12)17(18)19)8-16-9-14(5-6-14)11-2-3-11/h1,4,7,11,16H,2-3,5-6,8-9H2. The van der Waals surface area contributed by atoms with E-state index in [0.717, 1.165) is 18.0 Å². The predicted molar refractivity (Wildman–Crippen MR) is 76.9 cm³/mol. The van der Waals surface area contributed by atoms with Gasteiger partial charge >= 0.3 is 0 Å². The van der Waals surface area contributed by atoms with Gasteiger partial charge in [0.2, 0.25) is 0 Å². The molecule has 1 aromatic carbocycles. The van der Waals surface area contributed by atoms with Crippen molar-refractivity contribution in [1.29, 1.82) is 0 Å². The van der Waals surface area contributed by atoms with Gasteiger partial charge in [-0.1, -0.05) is 6.07 Å². The molecule has 5 heteroatoms.